The first-order chi connectivity index (χ1) is 9.88. The minimum atomic E-state index is -1.02. The summed E-state index contributed by atoms with van der Waals surface area (Å²) in [6.07, 6.45) is 0. The molecule has 8 heteroatoms. The van der Waals surface area contributed by atoms with Crippen molar-refractivity contribution in [3.05, 3.63) is 28.0 Å². The van der Waals surface area contributed by atoms with Gasteiger partial charge in [-0.1, -0.05) is 0 Å². The third-order valence-electron chi connectivity index (χ3n) is 3.23. The van der Waals surface area contributed by atoms with Crippen LogP contribution < -0.4 is 10.6 Å². The van der Waals surface area contributed by atoms with Crippen molar-refractivity contribution in [2.45, 2.75) is 13.0 Å². The van der Waals surface area contributed by atoms with E-state index in [-0.39, 0.29) is 17.7 Å². The number of anilines is 1. The van der Waals surface area contributed by atoms with Gasteiger partial charge in [-0.3, -0.25) is 4.79 Å². The second kappa shape index (κ2) is 6.40. The first-order valence-corrected chi connectivity index (χ1v) is 7.01. The first-order valence-electron chi connectivity index (χ1n) is 6.22. The Hall–Kier alpha value is -1.67. The van der Waals surface area contributed by atoms with Crippen LogP contribution in [0, 0.1) is 18.7 Å². The molecule has 6 nitrogen and oxygen atoms in total. The Bertz CT molecular complexity index is 582. The first kappa shape index (κ1) is 15.7. The second-order valence-corrected chi connectivity index (χ2v) is 5.62. The summed E-state index contributed by atoms with van der Waals surface area (Å²) in [6, 6.07) is 1.59. The number of carboxylic acids is 1. The van der Waals surface area contributed by atoms with Crippen molar-refractivity contribution in [2.75, 3.05) is 18.5 Å². The fraction of sp³-hybridized carbons (Fsp3) is 0.385. The van der Waals surface area contributed by atoms with Crippen LogP contribution in [0.5, 0.6) is 0 Å². The maximum Gasteiger partial charge on any atom is 0.319 e. The lowest BCUT2D eigenvalue weighted by Crippen LogP contribution is -2.44. The molecule has 0 aromatic heterocycles. The van der Waals surface area contributed by atoms with E-state index in [2.05, 4.69) is 26.6 Å². The second-order valence-electron chi connectivity index (χ2n) is 4.77. The van der Waals surface area contributed by atoms with Crippen LogP contribution in [0.1, 0.15) is 5.56 Å². The minimum absolute atomic E-state index is 0.0708. The molecule has 0 bridgehead atoms. The van der Waals surface area contributed by atoms with Crippen LogP contribution in [0.3, 0.4) is 0 Å². The smallest absolute Gasteiger partial charge is 0.319 e. The van der Waals surface area contributed by atoms with Gasteiger partial charge in [-0.05, 0) is 40.5 Å². The summed E-state index contributed by atoms with van der Waals surface area (Å²) in [4.78, 5) is 22.9. The Morgan fingerprint density at radius 1 is 1.43 bits per heavy atom. The van der Waals surface area contributed by atoms with Crippen molar-refractivity contribution < 1.29 is 23.8 Å². The molecule has 1 heterocycles. The maximum atomic E-state index is 13.3. The van der Waals surface area contributed by atoms with Crippen LogP contribution in [-0.4, -0.2) is 36.4 Å². The molecule has 2 atom stereocenters. The van der Waals surface area contributed by atoms with Gasteiger partial charge >= 0.3 is 12.0 Å². The summed E-state index contributed by atoms with van der Waals surface area (Å²) in [7, 11) is 0. The van der Waals surface area contributed by atoms with Gasteiger partial charge in [0.15, 0.2) is 0 Å². The zero-order chi connectivity index (χ0) is 15.6. The van der Waals surface area contributed by atoms with Crippen molar-refractivity contribution in [1.29, 1.82) is 0 Å². The Morgan fingerprint density at radius 2 is 2.14 bits per heavy atom. The lowest BCUT2D eigenvalue weighted by Gasteiger charge is -2.17. The molecule has 2 rings (SSSR count). The zero-order valence-corrected chi connectivity index (χ0v) is 12.7. The monoisotopic (exact) mass is 360 g/mol. The van der Waals surface area contributed by atoms with E-state index in [1.54, 1.807) is 6.92 Å². The number of hydrogen-bond donors (Lipinski definition) is 3. The fourth-order valence-electron chi connectivity index (χ4n) is 2.05. The highest BCUT2D eigenvalue weighted by atomic mass is 79.9. The number of aryl methyl sites for hydroxylation is 1. The van der Waals surface area contributed by atoms with Crippen molar-refractivity contribution in [3.8, 4) is 0 Å². The summed E-state index contributed by atoms with van der Waals surface area (Å²) in [5.41, 5.74) is 0.995. The lowest BCUT2D eigenvalue weighted by atomic mass is 10.0. The van der Waals surface area contributed by atoms with E-state index in [4.69, 9.17) is 9.84 Å². The standard InChI is InChI=1S/C13H14BrFN2O4/c1-6-2-9(15)8(14)3-10(6)16-13(20)17-11-5-21-4-7(11)12(18)19/h2-3,7,11H,4-5H2,1H3,(H,18,19)(H2,16,17,20). The van der Waals surface area contributed by atoms with Crippen LogP contribution in [0.15, 0.2) is 16.6 Å². The van der Waals surface area contributed by atoms with Gasteiger partial charge in [0.05, 0.1) is 23.7 Å². The van der Waals surface area contributed by atoms with Gasteiger partial charge in [0.25, 0.3) is 0 Å². The van der Waals surface area contributed by atoms with Crippen LogP contribution in [-0.2, 0) is 9.53 Å². The summed E-state index contributed by atoms with van der Waals surface area (Å²) in [5, 5.41) is 14.1. The number of hydrogen-bond acceptors (Lipinski definition) is 3. The number of aliphatic carboxylic acids is 1. The summed E-state index contributed by atoms with van der Waals surface area (Å²) in [5.74, 6) is -2.20. The lowest BCUT2D eigenvalue weighted by molar-refractivity contribution is -0.142. The molecule has 0 radical (unpaired) electrons. The molecule has 114 valence electrons. The van der Waals surface area contributed by atoms with E-state index in [9.17, 15) is 14.0 Å². The largest absolute Gasteiger partial charge is 0.481 e. The maximum absolute atomic E-state index is 13.3. The fourth-order valence-corrected chi connectivity index (χ4v) is 2.39. The topological polar surface area (TPSA) is 87.7 Å². The van der Waals surface area contributed by atoms with Gasteiger partial charge in [0.1, 0.15) is 11.7 Å². The summed E-state index contributed by atoms with van der Waals surface area (Å²) in [6.45, 7) is 1.88. The Kier molecular flexibility index (Phi) is 4.79. The molecule has 1 saturated heterocycles. The highest BCUT2D eigenvalue weighted by Crippen LogP contribution is 2.24. The molecule has 2 amide bonds. The number of urea groups is 1. The number of carboxylic acid groups (broad SMARTS) is 1. The van der Waals surface area contributed by atoms with Gasteiger partial charge < -0.3 is 20.5 Å². The van der Waals surface area contributed by atoms with Crippen molar-refractivity contribution in [3.63, 3.8) is 0 Å². The molecule has 1 fully saturated rings. The normalized spacial score (nSPS) is 21.1. The van der Waals surface area contributed by atoms with Gasteiger partial charge in [-0.15, -0.1) is 0 Å². The highest BCUT2D eigenvalue weighted by Gasteiger charge is 2.35. The highest BCUT2D eigenvalue weighted by molar-refractivity contribution is 9.10. The predicted octanol–water partition coefficient (Wildman–Crippen LogP) is 2.12. The number of ether oxygens (including phenoxy) is 1. The third kappa shape index (κ3) is 3.70. The number of benzene rings is 1. The Labute approximate surface area is 128 Å². The van der Waals surface area contributed by atoms with E-state index < -0.39 is 29.8 Å². The SMILES string of the molecule is Cc1cc(F)c(Br)cc1NC(=O)NC1COCC1C(=O)O. The summed E-state index contributed by atoms with van der Waals surface area (Å²) < 4.78 is 18.6. The van der Waals surface area contributed by atoms with Crippen LogP contribution >= 0.6 is 15.9 Å². The van der Waals surface area contributed by atoms with Gasteiger partial charge in [-0.25, -0.2) is 9.18 Å². The molecule has 1 aromatic rings. The molecule has 1 aliphatic heterocycles. The van der Waals surface area contributed by atoms with E-state index >= 15 is 0 Å². The molecule has 2 unspecified atom stereocenters. The number of rotatable bonds is 3. The molecule has 1 aliphatic rings. The van der Waals surface area contributed by atoms with Crippen LogP contribution in [0.4, 0.5) is 14.9 Å². The van der Waals surface area contributed by atoms with Gasteiger partial charge in [-0.2, -0.15) is 0 Å². The summed E-state index contributed by atoms with van der Waals surface area (Å²) >= 11 is 3.04. The predicted molar refractivity (Wildman–Crippen MR) is 76.7 cm³/mol. The van der Waals surface area contributed by atoms with E-state index in [1.165, 1.54) is 12.1 Å². The number of halogens is 2. The molecule has 1 aromatic carbocycles. The van der Waals surface area contributed by atoms with E-state index in [0.29, 0.717) is 11.3 Å². The molecule has 0 saturated carbocycles. The molecule has 0 aliphatic carbocycles. The van der Waals surface area contributed by atoms with Gasteiger partial charge in [0.2, 0.25) is 0 Å². The molecular formula is C13H14BrFN2O4. The van der Waals surface area contributed by atoms with Crippen molar-refractivity contribution in [1.82, 2.24) is 5.32 Å². The average molecular weight is 361 g/mol. The molecule has 3 N–H and O–H groups in total. The van der Waals surface area contributed by atoms with E-state index in [0.717, 1.165) is 0 Å². The average Bonchev–Trinajstić information content (AvgIpc) is 2.84. The number of carbonyl (C=O) groups is 2. The molecular weight excluding hydrogens is 347 g/mol. The number of amides is 2. The zero-order valence-electron chi connectivity index (χ0n) is 11.2. The third-order valence-corrected chi connectivity index (χ3v) is 3.84. The number of nitrogens with one attached hydrogen (secondary N) is 2. The Morgan fingerprint density at radius 3 is 2.81 bits per heavy atom. The quantitative estimate of drug-likeness (QED) is 0.770. The Balaban J connectivity index is 2.02. The van der Waals surface area contributed by atoms with Crippen molar-refractivity contribution >= 4 is 33.6 Å². The molecule has 21 heavy (non-hydrogen) atoms. The van der Waals surface area contributed by atoms with Gasteiger partial charge in [0, 0.05) is 5.69 Å². The van der Waals surface area contributed by atoms with Crippen LogP contribution in [0.25, 0.3) is 0 Å². The van der Waals surface area contributed by atoms with Crippen LogP contribution in [0.2, 0.25) is 0 Å². The van der Waals surface area contributed by atoms with E-state index in [1.807, 2.05) is 0 Å². The number of carbonyl (C=O) groups excluding carboxylic acids is 1. The molecule has 0 spiro atoms. The van der Waals surface area contributed by atoms with Crippen molar-refractivity contribution in [2.24, 2.45) is 5.92 Å². The minimum Gasteiger partial charge on any atom is -0.481 e.